The molecule has 0 unspecified atom stereocenters. The molecule has 4 heavy (non-hydrogen) atoms. The fourth-order valence-electron chi connectivity index (χ4n) is 0. The van der Waals surface area contributed by atoms with Gasteiger partial charge in [0, 0.05) is 0 Å². The quantitative estimate of drug-likeness (QED) is 0.612. The topological polar surface area (TPSA) is 0 Å². The predicted molar refractivity (Wildman–Crippen MR) is 23.3 cm³/mol. The molecule has 0 saturated carbocycles. The van der Waals surface area contributed by atoms with Crippen LogP contribution in [0.15, 0.2) is 0 Å². The summed E-state index contributed by atoms with van der Waals surface area (Å²) in [7, 11) is 0. The van der Waals surface area contributed by atoms with Gasteiger partial charge in [-0.1, -0.05) is 0 Å². The maximum absolute atomic E-state index is 2.36. The molecule has 0 aliphatic rings. The average Bonchev–Trinajstić information content (AvgIpc) is 0.811. The average molecular weight is 254 g/mol. The third-order valence-electron chi connectivity index (χ3n) is 0. The van der Waals surface area contributed by atoms with Crippen molar-refractivity contribution in [2.45, 2.75) is 13.7 Å². The summed E-state index contributed by atoms with van der Waals surface area (Å²) in [5.41, 5.74) is 0. The Hall–Kier alpha value is 0.896. The number of hydrogen-bond acceptors (Lipinski definition) is 0. The summed E-state index contributed by atoms with van der Waals surface area (Å²) in [4.78, 5) is 0. The molecule has 1 heteroatoms. The van der Waals surface area contributed by atoms with E-state index in [1.54, 1.807) is 0 Å². The SMILES string of the molecule is [CH3][Po]([CH3])[CH3]. The zero-order valence-corrected chi connectivity index (χ0v) is 6.58. The molecule has 0 fully saturated rings. The van der Waals surface area contributed by atoms with Crippen LogP contribution in [-0.2, 0) is 0 Å². The Morgan fingerprint density at radius 3 is 1.00 bits per heavy atom. The second kappa shape index (κ2) is 2.15. The van der Waals surface area contributed by atoms with Gasteiger partial charge in [-0.3, -0.25) is 0 Å². The molecule has 0 N–H and O–H groups in total. The fraction of sp³-hybridized carbons (Fsp3) is 1.00. The molecule has 0 aromatic heterocycles. The van der Waals surface area contributed by atoms with Crippen LogP contribution in [0.3, 0.4) is 0 Å². The molecule has 0 aromatic rings. The third kappa shape index (κ3) is 13.0. The van der Waals surface area contributed by atoms with Crippen LogP contribution in [0.5, 0.6) is 0 Å². The van der Waals surface area contributed by atoms with Crippen molar-refractivity contribution in [1.29, 1.82) is 0 Å². The molecule has 0 aromatic carbocycles. The van der Waals surface area contributed by atoms with Gasteiger partial charge in [-0.2, -0.15) is 0 Å². The molecule has 0 atom stereocenters. The summed E-state index contributed by atoms with van der Waals surface area (Å²) in [5, 5.41) is 0. The summed E-state index contributed by atoms with van der Waals surface area (Å²) in [5.74, 6) is 0. The van der Waals surface area contributed by atoms with Crippen molar-refractivity contribution in [3.63, 3.8) is 0 Å². The molecule has 1 radical (unpaired) electrons. The van der Waals surface area contributed by atoms with Crippen molar-refractivity contribution in [1.82, 2.24) is 0 Å². The maximum atomic E-state index is 2.36. The minimum absolute atomic E-state index is 0.528. The van der Waals surface area contributed by atoms with Crippen LogP contribution in [0.25, 0.3) is 0 Å². The summed E-state index contributed by atoms with van der Waals surface area (Å²) < 4.78 is 7.08. The van der Waals surface area contributed by atoms with Crippen LogP contribution in [0.2, 0.25) is 13.7 Å². The van der Waals surface area contributed by atoms with E-state index in [1.807, 2.05) is 0 Å². The van der Waals surface area contributed by atoms with E-state index in [1.165, 1.54) is 0 Å². The van der Waals surface area contributed by atoms with Crippen molar-refractivity contribution < 1.29 is 0 Å². The van der Waals surface area contributed by atoms with Crippen LogP contribution in [0, 0.1) is 0 Å². The van der Waals surface area contributed by atoms with Crippen LogP contribution >= 0.6 is 0 Å². The monoisotopic (exact) mass is 254 g/mol. The first-order valence-corrected chi connectivity index (χ1v) is 10.7. The molecule has 0 spiro atoms. The van der Waals surface area contributed by atoms with Crippen molar-refractivity contribution >= 4 is 22.1 Å². The Morgan fingerprint density at radius 2 is 1.00 bits per heavy atom. The molecule has 0 nitrogen and oxygen atoms in total. The molecule has 0 rings (SSSR count). The van der Waals surface area contributed by atoms with Gasteiger partial charge in [0.15, 0.2) is 0 Å². The molecule has 0 heterocycles. The molecule has 0 saturated heterocycles. The molecular weight excluding hydrogens is 245 g/mol. The molecule has 0 bridgehead atoms. The van der Waals surface area contributed by atoms with Crippen LogP contribution in [0.1, 0.15) is 0 Å². The number of rotatable bonds is 0. The first-order chi connectivity index (χ1) is 1.73. The van der Waals surface area contributed by atoms with Crippen molar-refractivity contribution in [2.75, 3.05) is 0 Å². The second-order valence-corrected chi connectivity index (χ2v) is 10.7. The van der Waals surface area contributed by atoms with E-state index in [4.69, 9.17) is 0 Å². The van der Waals surface area contributed by atoms with E-state index in [0.29, 0.717) is 0 Å². The molecule has 0 aliphatic heterocycles. The van der Waals surface area contributed by atoms with Crippen LogP contribution < -0.4 is 0 Å². The fourth-order valence-corrected chi connectivity index (χ4v) is 0. The Morgan fingerprint density at radius 1 is 1.00 bits per heavy atom. The van der Waals surface area contributed by atoms with Crippen LogP contribution in [0.4, 0.5) is 0 Å². The van der Waals surface area contributed by atoms with Gasteiger partial charge >= 0.3 is 35.8 Å². The summed E-state index contributed by atoms with van der Waals surface area (Å²) >= 11 is -0.528. The van der Waals surface area contributed by atoms with E-state index in [2.05, 4.69) is 13.7 Å². The Labute approximate surface area is 36.0 Å². The van der Waals surface area contributed by atoms with Gasteiger partial charge in [-0.05, 0) is 0 Å². The van der Waals surface area contributed by atoms with Crippen LogP contribution in [-0.4, -0.2) is 22.1 Å². The van der Waals surface area contributed by atoms with Crippen molar-refractivity contribution in [3.05, 3.63) is 0 Å². The molecule has 0 amide bonds. The van der Waals surface area contributed by atoms with Gasteiger partial charge in [0.1, 0.15) is 0 Å². The van der Waals surface area contributed by atoms with Crippen molar-refractivity contribution in [2.24, 2.45) is 0 Å². The molecule has 0 aliphatic carbocycles. The Balaban J connectivity index is 2.32. The van der Waals surface area contributed by atoms with Crippen molar-refractivity contribution in [3.8, 4) is 0 Å². The van der Waals surface area contributed by atoms with Gasteiger partial charge < -0.3 is 0 Å². The molecule has 27 valence electrons. The summed E-state index contributed by atoms with van der Waals surface area (Å²) in [6, 6.07) is 0. The normalized spacial score (nSPS) is 9.00. The van der Waals surface area contributed by atoms with E-state index < -0.39 is 22.1 Å². The Kier molecular flexibility index (Phi) is 2.64. The van der Waals surface area contributed by atoms with E-state index >= 15 is 0 Å². The van der Waals surface area contributed by atoms with Gasteiger partial charge in [0.25, 0.3) is 0 Å². The predicted octanol–water partition coefficient (Wildman–Crippen LogP) is 1.37. The summed E-state index contributed by atoms with van der Waals surface area (Å²) in [6.07, 6.45) is 0. The van der Waals surface area contributed by atoms with E-state index in [9.17, 15) is 0 Å². The first kappa shape index (κ1) is 4.90. The zero-order chi connectivity index (χ0) is 3.58. The molecular formula is C3H9Po. The van der Waals surface area contributed by atoms with Gasteiger partial charge in [0.2, 0.25) is 0 Å². The van der Waals surface area contributed by atoms with Gasteiger partial charge in [0.05, 0.1) is 0 Å². The summed E-state index contributed by atoms with van der Waals surface area (Å²) in [6.45, 7) is 0. The first-order valence-electron chi connectivity index (χ1n) is 1.22. The number of hydrogen-bond donors (Lipinski definition) is 0. The van der Waals surface area contributed by atoms with E-state index in [0.717, 1.165) is 0 Å². The van der Waals surface area contributed by atoms with Gasteiger partial charge in [-0.15, -0.1) is 0 Å². The standard InChI is InChI=1S/3CH3.Po/h3*1H3;. The minimum atomic E-state index is -0.528. The van der Waals surface area contributed by atoms with E-state index in [-0.39, 0.29) is 0 Å². The van der Waals surface area contributed by atoms with Gasteiger partial charge in [-0.25, -0.2) is 0 Å². The zero-order valence-electron chi connectivity index (χ0n) is 3.41. The second-order valence-electron chi connectivity index (χ2n) is 1.22. The Bertz CT molecular complexity index is 8.00. The third-order valence-corrected chi connectivity index (χ3v) is 0.